The van der Waals surface area contributed by atoms with Crippen LogP contribution in [0.4, 0.5) is 9.18 Å². The number of aliphatic hydroxyl groups is 1. The quantitative estimate of drug-likeness (QED) is 0.910. The average Bonchev–Trinajstić information content (AvgIpc) is 2.72. The first kappa shape index (κ1) is 13.8. The highest BCUT2D eigenvalue weighted by molar-refractivity contribution is 5.68. The third-order valence-corrected chi connectivity index (χ3v) is 3.28. The lowest BCUT2D eigenvalue weighted by Gasteiger charge is -2.23. The molecule has 1 aliphatic rings. The molecule has 1 N–H and O–H groups in total. The molecule has 1 aromatic carbocycles. The van der Waals surface area contributed by atoms with E-state index in [0.717, 1.165) is 5.56 Å². The van der Waals surface area contributed by atoms with Crippen molar-refractivity contribution in [3.63, 3.8) is 0 Å². The maximum absolute atomic E-state index is 13.1. The Morgan fingerprint density at radius 3 is 3.05 bits per heavy atom. The van der Waals surface area contributed by atoms with E-state index in [0.29, 0.717) is 26.0 Å². The number of hydrogen-bond acceptors (Lipinski definition) is 3. The molecule has 1 aromatic rings. The Labute approximate surface area is 111 Å². The number of β-amino-alcohol motifs (C(OH)–C–C–N with tert-alkyl or cyclic N) is 1. The minimum Gasteiger partial charge on any atom is -0.450 e. The number of amides is 1. The maximum Gasteiger partial charge on any atom is 0.409 e. The fourth-order valence-electron chi connectivity index (χ4n) is 2.40. The van der Waals surface area contributed by atoms with Gasteiger partial charge in [-0.2, -0.15) is 0 Å². The van der Waals surface area contributed by atoms with Gasteiger partial charge in [0.25, 0.3) is 0 Å². The number of carbonyl (C=O) groups excluding carboxylic acids is 1. The van der Waals surface area contributed by atoms with E-state index in [4.69, 9.17) is 4.74 Å². The van der Waals surface area contributed by atoms with Gasteiger partial charge >= 0.3 is 6.09 Å². The lowest BCUT2D eigenvalue weighted by Crippen LogP contribution is -2.38. The molecule has 1 unspecified atom stereocenters. The van der Waals surface area contributed by atoms with Crippen molar-refractivity contribution in [3.8, 4) is 0 Å². The van der Waals surface area contributed by atoms with Crippen LogP contribution in [0.25, 0.3) is 0 Å². The van der Waals surface area contributed by atoms with Crippen LogP contribution in [0.3, 0.4) is 0 Å². The molecule has 1 amide bonds. The van der Waals surface area contributed by atoms with Gasteiger partial charge in [0.05, 0.1) is 18.8 Å². The molecule has 0 radical (unpaired) electrons. The van der Waals surface area contributed by atoms with Gasteiger partial charge in [0.2, 0.25) is 0 Å². The van der Waals surface area contributed by atoms with Crippen molar-refractivity contribution >= 4 is 6.09 Å². The van der Waals surface area contributed by atoms with Crippen molar-refractivity contribution in [3.05, 3.63) is 35.6 Å². The second-order valence-corrected chi connectivity index (χ2v) is 4.90. The number of benzene rings is 1. The summed E-state index contributed by atoms with van der Waals surface area (Å²) in [6.07, 6.45) is 0.404. The minimum atomic E-state index is -0.999. The first-order valence-electron chi connectivity index (χ1n) is 6.41. The molecule has 1 heterocycles. The van der Waals surface area contributed by atoms with Gasteiger partial charge in [0.15, 0.2) is 0 Å². The molecule has 1 atom stereocenters. The van der Waals surface area contributed by atoms with Crippen LogP contribution in [0.5, 0.6) is 0 Å². The van der Waals surface area contributed by atoms with Crippen LogP contribution in [-0.2, 0) is 11.2 Å². The van der Waals surface area contributed by atoms with Gasteiger partial charge in [0.1, 0.15) is 5.82 Å². The van der Waals surface area contributed by atoms with E-state index in [2.05, 4.69) is 0 Å². The number of ether oxygens (including phenoxy) is 1. The van der Waals surface area contributed by atoms with E-state index < -0.39 is 11.7 Å². The predicted octanol–water partition coefficient (Wildman–Crippen LogP) is 1.96. The molecule has 5 heteroatoms. The van der Waals surface area contributed by atoms with Crippen LogP contribution in [0.2, 0.25) is 0 Å². The van der Waals surface area contributed by atoms with E-state index >= 15 is 0 Å². The van der Waals surface area contributed by atoms with Crippen molar-refractivity contribution in [2.75, 3.05) is 19.7 Å². The zero-order valence-electron chi connectivity index (χ0n) is 10.9. The van der Waals surface area contributed by atoms with Crippen molar-refractivity contribution < 1.29 is 19.0 Å². The summed E-state index contributed by atoms with van der Waals surface area (Å²) >= 11 is 0. The number of likely N-dealkylation sites (tertiary alicyclic amines) is 1. The largest absolute Gasteiger partial charge is 0.450 e. The molecule has 0 saturated carbocycles. The predicted molar refractivity (Wildman–Crippen MR) is 68.3 cm³/mol. The van der Waals surface area contributed by atoms with Gasteiger partial charge < -0.3 is 14.7 Å². The standard InChI is InChI=1S/C14H18FNO3/c1-2-19-13(17)16-7-6-14(18,10-16)9-11-4-3-5-12(15)8-11/h3-5,8,18H,2,6-7,9-10H2,1H3. The first-order chi connectivity index (χ1) is 9.02. The molecule has 0 bridgehead atoms. The zero-order valence-corrected chi connectivity index (χ0v) is 10.9. The highest BCUT2D eigenvalue weighted by atomic mass is 19.1. The molecule has 19 heavy (non-hydrogen) atoms. The third-order valence-electron chi connectivity index (χ3n) is 3.28. The fourth-order valence-corrected chi connectivity index (χ4v) is 2.40. The highest BCUT2D eigenvalue weighted by Gasteiger charge is 2.38. The normalized spacial score (nSPS) is 22.6. The Balaban J connectivity index is 1.99. The van der Waals surface area contributed by atoms with Gasteiger partial charge in [-0.05, 0) is 31.0 Å². The zero-order chi connectivity index (χ0) is 13.9. The summed E-state index contributed by atoms with van der Waals surface area (Å²) in [6, 6.07) is 6.16. The van der Waals surface area contributed by atoms with Crippen LogP contribution in [0.15, 0.2) is 24.3 Å². The number of nitrogens with zero attached hydrogens (tertiary/aromatic N) is 1. The second kappa shape index (κ2) is 5.57. The van der Waals surface area contributed by atoms with Gasteiger partial charge in [-0.15, -0.1) is 0 Å². The van der Waals surface area contributed by atoms with Crippen molar-refractivity contribution in [2.45, 2.75) is 25.4 Å². The second-order valence-electron chi connectivity index (χ2n) is 4.90. The Kier molecular flexibility index (Phi) is 4.04. The number of rotatable bonds is 3. The van der Waals surface area contributed by atoms with E-state index in [-0.39, 0.29) is 12.4 Å². The monoisotopic (exact) mass is 267 g/mol. The molecule has 1 saturated heterocycles. The molecule has 2 rings (SSSR count). The van der Waals surface area contributed by atoms with Gasteiger partial charge in [-0.3, -0.25) is 0 Å². The van der Waals surface area contributed by atoms with E-state index in [9.17, 15) is 14.3 Å². The Morgan fingerprint density at radius 1 is 1.58 bits per heavy atom. The molecule has 0 aromatic heterocycles. The molecule has 1 fully saturated rings. The summed E-state index contributed by atoms with van der Waals surface area (Å²) in [7, 11) is 0. The minimum absolute atomic E-state index is 0.225. The topological polar surface area (TPSA) is 49.8 Å². The van der Waals surface area contributed by atoms with Crippen molar-refractivity contribution in [1.82, 2.24) is 4.90 Å². The van der Waals surface area contributed by atoms with Crippen molar-refractivity contribution in [2.24, 2.45) is 0 Å². The molecular formula is C14H18FNO3. The summed E-state index contributed by atoms with van der Waals surface area (Å²) in [5.74, 6) is -0.318. The van der Waals surface area contributed by atoms with Gasteiger partial charge in [0, 0.05) is 13.0 Å². The Morgan fingerprint density at radius 2 is 2.37 bits per heavy atom. The van der Waals surface area contributed by atoms with E-state index in [1.807, 2.05) is 0 Å². The summed E-state index contributed by atoms with van der Waals surface area (Å²) in [5.41, 5.74) is -0.270. The van der Waals surface area contributed by atoms with Gasteiger partial charge in [-0.25, -0.2) is 9.18 Å². The third kappa shape index (κ3) is 3.44. The number of hydrogen-bond donors (Lipinski definition) is 1. The van der Waals surface area contributed by atoms with Crippen LogP contribution in [0.1, 0.15) is 18.9 Å². The van der Waals surface area contributed by atoms with E-state index in [1.54, 1.807) is 19.1 Å². The lowest BCUT2D eigenvalue weighted by molar-refractivity contribution is 0.0454. The van der Waals surface area contributed by atoms with Crippen LogP contribution >= 0.6 is 0 Å². The van der Waals surface area contributed by atoms with E-state index in [1.165, 1.54) is 17.0 Å². The van der Waals surface area contributed by atoms with Crippen molar-refractivity contribution in [1.29, 1.82) is 0 Å². The summed E-state index contributed by atoms with van der Waals surface area (Å²) < 4.78 is 18.0. The number of carbonyl (C=O) groups is 1. The van der Waals surface area contributed by atoms with Crippen LogP contribution in [-0.4, -0.2) is 41.4 Å². The molecule has 104 valence electrons. The average molecular weight is 267 g/mol. The maximum atomic E-state index is 13.1. The summed E-state index contributed by atoms with van der Waals surface area (Å²) in [5, 5.41) is 10.5. The number of halogens is 1. The first-order valence-corrected chi connectivity index (χ1v) is 6.41. The summed E-state index contributed by atoms with van der Waals surface area (Å²) in [4.78, 5) is 13.1. The van der Waals surface area contributed by atoms with Crippen LogP contribution < -0.4 is 0 Å². The summed E-state index contributed by atoms with van der Waals surface area (Å²) in [6.45, 7) is 2.75. The molecule has 4 nitrogen and oxygen atoms in total. The molecule has 0 aliphatic carbocycles. The Hall–Kier alpha value is -1.62. The molecular weight excluding hydrogens is 249 g/mol. The molecule has 1 aliphatic heterocycles. The highest BCUT2D eigenvalue weighted by Crippen LogP contribution is 2.26. The Bertz CT molecular complexity index is 466. The lowest BCUT2D eigenvalue weighted by atomic mass is 9.94. The smallest absolute Gasteiger partial charge is 0.409 e. The van der Waals surface area contributed by atoms with Gasteiger partial charge in [-0.1, -0.05) is 12.1 Å². The molecule has 0 spiro atoms. The SMILES string of the molecule is CCOC(=O)N1CCC(O)(Cc2cccc(F)c2)C1. The fraction of sp³-hybridized carbons (Fsp3) is 0.500. The van der Waals surface area contributed by atoms with Crippen LogP contribution in [0, 0.1) is 5.82 Å².